The van der Waals surface area contributed by atoms with Gasteiger partial charge in [-0.25, -0.2) is 23.4 Å². The number of nitrogens with zero attached hydrogens (tertiary/aromatic N) is 7. The van der Waals surface area contributed by atoms with Crippen molar-refractivity contribution in [1.82, 2.24) is 29.9 Å². The largest absolute Gasteiger partial charge is 0.353 e. The minimum Gasteiger partial charge on any atom is -0.353 e. The number of aromatic nitrogens is 5. The standard InChI is InChI=1S/C19H19F2N7O/c1-13-22-8-7-15(23-13)26-9-11-27(12-10-26)19(29)16-17(18(20)21)28(25-24-16)14-5-3-2-4-6-14/h2-8,18H,9-12H2,1H3. The summed E-state index contributed by atoms with van der Waals surface area (Å²) in [6.45, 7) is 3.65. The molecule has 0 bridgehead atoms. The van der Waals surface area contributed by atoms with Gasteiger partial charge >= 0.3 is 0 Å². The van der Waals surface area contributed by atoms with E-state index in [-0.39, 0.29) is 5.69 Å². The van der Waals surface area contributed by atoms with E-state index in [0.29, 0.717) is 37.7 Å². The smallest absolute Gasteiger partial charge is 0.282 e. The molecule has 1 aromatic carbocycles. The predicted octanol–water partition coefficient (Wildman–Crippen LogP) is 2.27. The van der Waals surface area contributed by atoms with Crippen LogP contribution in [0.2, 0.25) is 0 Å². The number of alkyl halides is 2. The van der Waals surface area contributed by atoms with Crippen molar-refractivity contribution in [3.8, 4) is 5.69 Å². The highest BCUT2D eigenvalue weighted by molar-refractivity contribution is 5.93. The van der Waals surface area contributed by atoms with Crippen molar-refractivity contribution in [3.63, 3.8) is 0 Å². The zero-order valence-corrected chi connectivity index (χ0v) is 15.7. The molecule has 4 rings (SSSR count). The quantitative estimate of drug-likeness (QED) is 0.670. The van der Waals surface area contributed by atoms with Crippen molar-refractivity contribution < 1.29 is 13.6 Å². The lowest BCUT2D eigenvalue weighted by Crippen LogP contribution is -2.49. The molecule has 0 saturated carbocycles. The molecule has 3 heterocycles. The summed E-state index contributed by atoms with van der Waals surface area (Å²) in [5.74, 6) is 0.911. The fourth-order valence-corrected chi connectivity index (χ4v) is 3.31. The second-order valence-electron chi connectivity index (χ2n) is 6.61. The Hall–Kier alpha value is -3.43. The molecule has 3 aromatic rings. The maximum atomic E-state index is 13.8. The lowest BCUT2D eigenvalue weighted by molar-refractivity contribution is 0.0727. The minimum absolute atomic E-state index is 0.310. The van der Waals surface area contributed by atoms with Crippen molar-refractivity contribution in [3.05, 3.63) is 59.8 Å². The Bertz CT molecular complexity index is 1000. The second-order valence-corrected chi connectivity index (χ2v) is 6.61. The van der Waals surface area contributed by atoms with Gasteiger partial charge in [-0.15, -0.1) is 5.10 Å². The van der Waals surface area contributed by atoms with Gasteiger partial charge in [-0.3, -0.25) is 4.79 Å². The number of halogens is 2. The second kappa shape index (κ2) is 7.90. The lowest BCUT2D eigenvalue weighted by atomic mass is 10.2. The molecule has 2 aromatic heterocycles. The van der Waals surface area contributed by atoms with E-state index in [4.69, 9.17) is 0 Å². The first-order chi connectivity index (χ1) is 14.0. The summed E-state index contributed by atoms with van der Waals surface area (Å²) < 4.78 is 28.5. The number of aryl methyl sites for hydroxylation is 1. The van der Waals surface area contributed by atoms with Crippen LogP contribution in [0.3, 0.4) is 0 Å². The van der Waals surface area contributed by atoms with Gasteiger partial charge < -0.3 is 9.80 Å². The number of hydrogen-bond acceptors (Lipinski definition) is 6. The number of amides is 1. The van der Waals surface area contributed by atoms with Gasteiger partial charge in [-0.2, -0.15) is 0 Å². The summed E-state index contributed by atoms with van der Waals surface area (Å²) in [5, 5.41) is 7.59. The monoisotopic (exact) mass is 399 g/mol. The van der Waals surface area contributed by atoms with E-state index < -0.39 is 18.0 Å². The number of piperazine rings is 1. The summed E-state index contributed by atoms with van der Waals surface area (Å²) in [6.07, 6.45) is -1.19. The van der Waals surface area contributed by atoms with E-state index in [1.54, 1.807) is 36.5 Å². The summed E-state index contributed by atoms with van der Waals surface area (Å²) in [7, 11) is 0. The Morgan fingerprint density at radius 3 is 2.45 bits per heavy atom. The van der Waals surface area contributed by atoms with Crippen LogP contribution in [-0.4, -0.2) is 61.9 Å². The van der Waals surface area contributed by atoms with Crippen molar-refractivity contribution in [2.24, 2.45) is 0 Å². The molecular formula is C19H19F2N7O. The molecule has 0 aliphatic carbocycles. The van der Waals surface area contributed by atoms with Gasteiger partial charge in [0.15, 0.2) is 5.69 Å². The molecule has 0 spiro atoms. The van der Waals surface area contributed by atoms with Gasteiger partial charge in [-0.1, -0.05) is 23.4 Å². The topological polar surface area (TPSA) is 80.0 Å². The van der Waals surface area contributed by atoms with Crippen molar-refractivity contribution in [1.29, 1.82) is 0 Å². The van der Waals surface area contributed by atoms with Gasteiger partial charge in [0, 0.05) is 32.4 Å². The molecule has 0 unspecified atom stereocenters. The molecule has 0 N–H and O–H groups in total. The van der Waals surface area contributed by atoms with E-state index in [2.05, 4.69) is 20.3 Å². The van der Waals surface area contributed by atoms with Crippen LogP contribution in [0.5, 0.6) is 0 Å². The van der Waals surface area contributed by atoms with Crippen LogP contribution in [-0.2, 0) is 0 Å². The predicted molar refractivity (Wildman–Crippen MR) is 101 cm³/mol. The molecule has 1 amide bonds. The molecule has 0 atom stereocenters. The van der Waals surface area contributed by atoms with Gasteiger partial charge in [0.1, 0.15) is 17.3 Å². The highest BCUT2D eigenvalue weighted by Gasteiger charge is 2.32. The Morgan fingerprint density at radius 2 is 1.79 bits per heavy atom. The first-order valence-electron chi connectivity index (χ1n) is 9.17. The van der Waals surface area contributed by atoms with Gasteiger partial charge in [-0.05, 0) is 25.1 Å². The molecule has 150 valence electrons. The molecule has 1 fully saturated rings. The van der Waals surface area contributed by atoms with E-state index in [9.17, 15) is 13.6 Å². The van der Waals surface area contributed by atoms with Crippen LogP contribution >= 0.6 is 0 Å². The fourth-order valence-electron chi connectivity index (χ4n) is 3.31. The SMILES string of the molecule is Cc1nccc(N2CCN(C(=O)c3nnn(-c4ccccc4)c3C(F)F)CC2)n1. The number of rotatable bonds is 4. The molecule has 29 heavy (non-hydrogen) atoms. The summed E-state index contributed by atoms with van der Waals surface area (Å²) in [4.78, 5) is 24.9. The third-order valence-corrected chi connectivity index (χ3v) is 4.77. The zero-order valence-electron chi connectivity index (χ0n) is 15.7. The Morgan fingerprint density at radius 1 is 1.07 bits per heavy atom. The molecule has 0 radical (unpaired) electrons. The molecule has 1 aliphatic heterocycles. The van der Waals surface area contributed by atoms with Crippen molar-refractivity contribution in [2.75, 3.05) is 31.1 Å². The molecular weight excluding hydrogens is 380 g/mol. The van der Waals surface area contributed by atoms with Crippen LogP contribution in [0.1, 0.15) is 28.4 Å². The number of carbonyl (C=O) groups excluding carboxylic acids is 1. The van der Waals surface area contributed by atoms with E-state index in [1.807, 2.05) is 17.9 Å². The lowest BCUT2D eigenvalue weighted by Gasteiger charge is -2.35. The van der Waals surface area contributed by atoms with Crippen LogP contribution in [0.25, 0.3) is 5.69 Å². The molecule has 10 heteroatoms. The van der Waals surface area contributed by atoms with Crippen LogP contribution in [0.4, 0.5) is 14.6 Å². The Balaban J connectivity index is 1.53. The first kappa shape index (κ1) is 18.9. The van der Waals surface area contributed by atoms with Crippen LogP contribution in [0, 0.1) is 6.92 Å². The number of carbonyl (C=O) groups is 1. The minimum atomic E-state index is -2.88. The highest BCUT2D eigenvalue weighted by atomic mass is 19.3. The maximum absolute atomic E-state index is 13.8. The average molecular weight is 399 g/mol. The van der Waals surface area contributed by atoms with Crippen molar-refractivity contribution in [2.45, 2.75) is 13.3 Å². The van der Waals surface area contributed by atoms with Gasteiger partial charge in [0.05, 0.1) is 5.69 Å². The zero-order chi connectivity index (χ0) is 20.4. The molecule has 1 saturated heterocycles. The first-order valence-corrected chi connectivity index (χ1v) is 9.17. The summed E-state index contributed by atoms with van der Waals surface area (Å²) in [5.41, 5.74) is -0.372. The third-order valence-electron chi connectivity index (χ3n) is 4.77. The van der Waals surface area contributed by atoms with Crippen molar-refractivity contribution >= 4 is 11.7 Å². The average Bonchev–Trinajstić information content (AvgIpc) is 3.19. The van der Waals surface area contributed by atoms with E-state index >= 15 is 0 Å². The number of benzene rings is 1. The number of anilines is 1. The van der Waals surface area contributed by atoms with E-state index in [1.165, 1.54) is 4.90 Å². The molecule has 8 nitrogen and oxygen atoms in total. The Kier molecular flexibility index (Phi) is 5.15. The summed E-state index contributed by atoms with van der Waals surface area (Å²) >= 11 is 0. The van der Waals surface area contributed by atoms with Gasteiger partial charge in [0.2, 0.25) is 0 Å². The highest BCUT2D eigenvalue weighted by Crippen LogP contribution is 2.25. The van der Waals surface area contributed by atoms with Gasteiger partial charge in [0.25, 0.3) is 12.3 Å². The van der Waals surface area contributed by atoms with E-state index in [0.717, 1.165) is 10.5 Å². The third kappa shape index (κ3) is 3.78. The fraction of sp³-hybridized carbons (Fsp3) is 0.316. The van der Waals surface area contributed by atoms with Crippen LogP contribution < -0.4 is 4.90 Å². The number of para-hydroxylation sites is 1. The summed E-state index contributed by atoms with van der Waals surface area (Å²) in [6, 6.07) is 10.3. The number of hydrogen-bond donors (Lipinski definition) is 0. The normalized spacial score (nSPS) is 14.5. The molecule has 1 aliphatic rings. The Labute approximate surface area is 165 Å². The maximum Gasteiger partial charge on any atom is 0.282 e. The van der Waals surface area contributed by atoms with Crippen LogP contribution in [0.15, 0.2) is 42.6 Å².